The number of aliphatic hydroxyl groups excluding tert-OH is 1. The molecule has 0 bridgehead atoms. The van der Waals surface area contributed by atoms with E-state index in [1.807, 2.05) is 66.4 Å². The standard InChI is InChI=1S/C19H18N4O/c1-2-15-17(24)16(18(20)23(15)12-8-4-3-5-9-12)19-21-13-10-6-7-11-14(13)22-19/h3-11,15,20,24H,2H2,1H3,(H,21,22)/t15-/m0/s1. The summed E-state index contributed by atoms with van der Waals surface area (Å²) in [7, 11) is 0. The van der Waals surface area contributed by atoms with Crippen molar-refractivity contribution in [3.05, 3.63) is 66.2 Å². The van der Waals surface area contributed by atoms with Gasteiger partial charge in [0.1, 0.15) is 17.4 Å². The second-order valence-electron chi connectivity index (χ2n) is 5.84. The molecule has 4 rings (SSSR count). The van der Waals surface area contributed by atoms with Gasteiger partial charge in [0.05, 0.1) is 22.6 Å². The van der Waals surface area contributed by atoms with Crippen molar-refractivity contribution in [3.63, 3.8) is 0 Å². The van der Waals surface area contributed by atoms with Crippen LogP contribution in [-0.4, -0.2) is 27.0 Å². The summed E-state index contributed by atoms with van der Waals surface area (Å²) in [6.07, 6.45) is 0.701. The van der Waals surface area contributed by atoms with Gasteiger partial charge in [0.15, 0.2) is 0 Å². The second kappa shape index (κ2) is 5.53. The Bertz CT molecular complexity index is 909. The topological polar surface area (TPSA) is 76.0 Å². The van der Waals surface area contributed by atoms with Crippen LogP contribution in [0.5, 0.6) is 0 Å². The van der Waals surface area contributed by atoms with Crippen LogP contribution in [0.4, 0.5) is 5.69 Å². The van der Waals surface area contributed by atoms with E-state index < -0.39 is 0 Å². The summed E-state index contributed by atoms with van der Waals surface area (Å²) in [5, 5.41) is 19.4. The number of hydrogen-bond donors (Lipinski definition) is 3. The van der Waals surface area contributed by atoms with Crippen LogP contribution in [0.1, 0.15) is 19.2 Å². The van der Waals surface area contributed by atoms with E-state index in [1.165, 1.54) is 0 Å². The highest BCUT2D eigenvalue weighted by molar-refractivity contribution is 6.30. The zero-order chi connectivity index (χ0) is 16.7. The van der Waals surface area contributed by atoms with Gasteiger partial charge in [-0.2, -0.15) is 0 Å². The lowest BCUT2D eigenvalue weighted by atomic mass is 10.1. The lowest BCUT2D eigenvalue weighted by molar-refractivity contribution is 0.373. The molecule has 0 fully saturated rings. The Hall–Kier alpha value is -3.08. The van der Waals surface area contributed by atoms with Crippen molar-refractivity contribution in [3.8, 4) is 0 Å². The molecule has 120 valence electrons. The van der Waals surface area contributed by atoms with Gasteiger partial charge < -0.3 is 15.0 Å². The number of rotatable bonds is 3. The third-order valence-corrected chi connectivity index (χ3v) is 4.41. The average molecular weight is 318 g/mol. The molecule has 0 unspecified atom stereocenters. The van der Waals surface area contributed by atoms with Crippen LogP contribution in [0.2, 0.25) is 0 Å². The Labute approximate surface area is 139 Å². The van der Waals surface area contributed by atoms with Gasteiger partial charge in [-0.3, -0.25) is 5.41 Å². The zero-order valence-electron chi connectivity index (χ0n) is 13.3. The molecule has 0 spiro atoms. The minimum atomic E-state index is -0.247. The van der Waals surface area contributed by atoms with Crippen molar-refractivity contribution in [2.24, 2.45) is 0 Å². The Morgan fingerprint density at radius 2 is 1.83 bits per heavy atom. The number of aromatic nitrogens is 2. The number of imidazole rings is 1. The van der Waals surface area contributed by atoms with Gasteiger partial charge in [0.2, 0.25) is 0 Å². The molecular formula is C19H18N4O. The number of aliphatic hydroxyl groups is 1. The van der Waals surface area contributed by atoms with Crippen LogP contribution < -0.4 is 4.90 Å². The molecule has 3 N–H and O–H groups in total. The summed E-state index contributed by atoms with van der Waals surface area (Å²) in [6.45, 7) is 2.01. The van der Waals surface area contributed by atoms with Crippen molar-refractivity contribution >= 4 is 28.1 Å². The minimum Gasteiger partial charge on any atom is -0.509 e. The summed E-state index contributed by atoms with van der Waals surface area (Å²) in [4.78, 5) is 9.63. The Morgan fingerprint density at radius 3 is 2.54 bits per heavy atom. The number of fused-ring (bicyclic) bond motifs is 1. The van der Waals surface area contributed by atoms with Crippen LogP contribution in [0.25, 0.3) is 16.6 Å². The van der Waals surface area contributed by atoms with Crippen molar-refractivity contribution < 1.29 is 5.11 Å². The molecule has 5 heteroatoms. The maximum atomic E-state index is 10.8. The first-order valence-electron chi connectivity index (χ1n) is 8.02. The predicted molar refractivity (Wildman–Crippen MR) is 96.4 cm³/mol. The number of aromatic amines is 1. The fourth-order valence-corrected chi connectivity index (χ4v) is 3.26. The molecule has 0 amide bonds. The average Bonchev–Trinajstić information content (AvgIpc) is 3.13. The number of nitrogens with zero attached hydrogens (tertiary/aromatic N) is 2. The summed E-state index contributed by atoms with van der Waals surface area (Å²) < 4.78 is 0. The third kappa shape index (κ3) is 2.09. The van der Waals surface area contributed by atoms with E-state index >= 15 is 0 Å². The van der Waals surface area contributed by atoms with E-state index in [4.69, 9.17) is 5.41 Å². The molecule has 24 heavy (non-hydrogen) atoms. The summed E-state index contributed by atoms with van der Waals surface area (Å²) in [5.41, 5.74) is 3.09. The van der Waals surface area contributed by atoms with E-state index in [1.54, 1.807) is 0 Å². The van der Waals surface area contributed by atoms with Crippen molar-refractivity contribution in [1.29, 1.82) is 5.41 Å². The number of anilines is 1. The molecule has 1 atom stereocenters. The normalized spacial score (nSPS) is 18.0. The second-order valence-corrected chi connectivity index (χ2v) is 5.84. The molecule has 0 radical (unpaired) electrons. The first kappa shape index (κ1) is 14.5. The van der Waals surface area contributed by atoms with E-state index in [0.29, 0.717) is 17.8 Å². The quantitative estimate of drug-likeness (QED) is 0.680. The molecule has 5 nitrogen and oxygen atoms in total. The zero-order valence-corrected chi connectivity index (χ0v) is 13.3. The maximum absolute atomic E-state index is 10.8. The lowest BCUT2D eigenvalue weighted by Crippen LogP contribution is -2.34. The van der Waals surface area contributed by atoms with Crippen LogP contribution in [0.3, 0.4) is 0 Å². The van der Waals surface area contributed by atoms with Gasteiger partial charge in [-0.05, 0) is 30.7 Å². The smallest absolute Gasteiger partial charge is 0.145 e. The summed E-state index contributed by atoms with van der Waals surface area (Å²) >= 11 is 0. The van der Waals surface area contributed by atoms with Crippen LogP contribution in [-0.2, 0) is 0 Å². The van der Waals surface area contributed by atoms with Crippen molar-refractivity contribution in [2.75, 3.05) is 4.90 Å². The molecule has 0 saturated carbocycles. The van der Waals surface area contributed by atoms with Gasteiger partial charge in [-0.25, -0.2) is 4.98 Å². The number of nitrogens with one attached hydrogen (secondary N) is 2. The molecule has 1 aliphatic heterocycles. The van der Waals surface area contributed by atoms with E-state index in [-0.39, 0.29) is 17.6 Å². The molecule has 0 aliphatic carbocycles. The Morgan fingerprint density at radius 1 is 1.12 bits per heavy atom. The summed E-state index contributed by atoms with van der Waals surface area (Å²) in [5.74, 6) is 1.01. The number of hydrogen-bond acceptors (Lipinski definition) is 3. The van der Waals surface area contributed by atoms with Crippen LogP contribution in [0, 0.1) is 5.41 Å². The van der Waals surface area contributed by atoms with E-state index in [0.717, 1.165) is 16.7 Å². The maximum Gasteiger partial charge on any atom is 0.145 e. The SMILES string of the molecule is CC[C@H]1C(O)=C(c2nc3ccccc3[nH]2)C(=N)N1c1ccccc1. The predicted octanol–water partition coefficient (Wildman–Crippen LogP) is 4.11. The molecule has 3 aromatic rings. The molecule has 0 saturated heterocycles. The van der Waals surface area contributed by atoms with Crippen molar-refractivity contribution in [1.82, 2.24) is 9.97 Å². The third-order valence-electron chi connectivity index (χ3n) is 4.41. The molecule has 2 aromatic carbocycles. The number of amidine groups is 1. The van der Waals surface area contributed by atoms with E-state index in [2.05, 4.69) is 9.97 Å². The van der Waals surface area contributed by atoms with Gasteiger partial charge in [-0.15, -0.1) is 0 Å². The molecule has 2 heterocycles. The highest BCUT2D eigenvalue weighted by Gasteiger charge is 2.38. The molecule has 1 aromatic heterocycles. The number of benzene rings is 2. The fourth-order valence-electron chi connectivity index (χ4n) is 3.26. The van der Waals surface area contributed by atoms with Crippen LogP contribution in [0.15, 0.2) is 60.4 Å². The monoisotopic (exact) mass is 318 g/mol. The van der Waals surface area contributed by atoms with Gasteiger partial charge in [0.25, 0.3) is 0 Å². The van der Waals surface area contributed by atoms with Crippen LogP contribution >= 0.6 is 0 Å². The first-order valence-corrected chi connectivity index (χ1v) is 8.02. The molecular weight excluding hydrogens is 300 g/mol. The fraction of sp³-hybridized carbons (Fsp3) is 0.158. The minimum absolute atomic E-state index is 0.199. The van der Waals surface area contributed by atoms with Gasteiger partial charge in [-0.1, -0.05) is 37.3 Å². The molecule has 1 aliphatic rings. The Balaban J connectivity index is 1.83. The first-order chi connectivity index (χ1) is 11.7. The highest BCUT2D eigenvalue weighted by atomic mass is 16.3. The summed E-state index contributed by atoms with van der Waals surface area (Å²) in [6, 6.07) is 17.2. The highest BCUT2D eigenvalue weighted by Crippen LogP contribution is 2.36. The lowest BCUT2D eigenvalue weighted by Gasteiger charge is -2.26. The van der Waals surface area contributed by atoms with Gasteiger partial charge in [0, 0.05) is 5.69 Å². The van der Waals surface area contributed by atoms with Crippen molar-refractivity contribution in [2.45, 2.75) is 19.4 Å². The Kier molecular flexibility index (Phi) is 3.34. The number of H-pyrrole nitrogens is 1. The van der Waals surface area contributed by atoms with Gasteiger partial charge >= 0.3 is 0 Å². The largest absolute Gasteiger partial charge is 0.509 e. The number of para-hydroxylation sites is 3. The van der Waals surface area contributed by atoms with E-state index in [9.17, 15) is 5.11 Å².